The van der Waals surface area contributed by atoms with Gasteiger partial charge in [-0.1, -0.05) is 60.3 Å². The molecule has 1 saturated heterocycles. The van der Waals surface area contributed by atoms with Crippen molar-refractivity contribution >= 4 is 34.5 Å². The summed E-state index contributed by atoms with van der Waals surface area (Å²) in [5.74, 6) is -0.510. The molecular formula is C24H28N2O4S. The van der Waals surface area contributed by atoms with Gasteiger partial charge in [0.05, 0.1) is 28.5 Å². The number of nitrogens with zero attached hydrogens (tertiary/aromatic N) is 1. The number of allylic oxidation sites excluding steroid dienone is 5. The smallest absolute Gasteiger partial charge is 0.311 e. The standard InChI is InChI=1S/C13H16O3.C11H12N2OS/c1-4-12(16-9(2)3)10-7-5-6-8-11(10)13(14)15;1-7-3-5-9(6-4-7)13-10(14)8(2)15-11(13)12/h4-8,10-11H,2H2,1,3H3,(H,14,15);3-6,8,12H,1-2H3/b12-4-;. The fourth-order valence-electron chi connectivity index (χ4n) is 3.13. The molecule has 1 amide bonds. The maximum Gasteiger partial charge on any atom is 0.311 e. The number of amides is 1. The molecule has 1 aromatic rings. The molecule has 0 spiro atoms. The first kappa shape index (κ1) is 24.2. The van der Waals surface area contributed by atoms with Gasteiger partial charge in [0.1, 0.15) is 5.76 Å². The maximum atomic E-state index is 11.8. The third-order valence-electron chi connectivity index (χ3n) is 4.68. The monoisotopic (exact) mass is 440 g/mol. The highest BCUT2D eigenvalue weighted by atomic mass is 32.2. The molecule has 1 heterocycles. The minimum atomic E-state index is -0.852. The normalized spacial score (nSPS) is 22.8. The number of carboxylic acids is 1. The lowest BCUT2D eigenvalue weighted by molar-refractivity contribution is -0.141. The molecule has 0 radical (unpaired) electrons. The van der Waals surface area contributed by atoms with Crippen LogP contribution in [0.25, 0.3) is 0 Å². The van der Waals surface area contributed by atoms with Crippen LogP contribution >= 0.6 is 11.8 Å². The van der Waals surface area contributed by atoms with Crippen molar-refractivity contribution in [2.45, 2.75) is 32.9 Å². The summed E-state index contributed by atoms with van der Waals surface area (Å²) in [5, 5.41) is 17.0. The van der Waals surface area contributed by atoms with Gasteiger partial charge in [0.15, 0.2) is 5.17 Å². The zero-order valence-electron chi connectivity index (χ0n) is 18.2. The van der Waals surface area contributed by atoms with E-state index in [1.54, 1.807) is 25.2 Å². The molecule has 1 aliphatic heterocycles. The molecule has 0 saturated carbocycles. The molecule has 7 heteroatoms. The van der Waals surface area contributed by atoms with Crippen molar-refractivity contribution in [3.63, 3.8) is 0 Å². The van der Waals surface area contributed by atoms with Crippen molar-refractivity contribution in [1.82, 2.24) is 0 Å². The van der Waals surface area contributed by atoms with E-state index >= 15 is 0 Å². The van der Waals surface area contributed by atoms with E-state index in [-0.39, 0.29) is 17.1 Å². The predicted molar refractivity (Wildman–Crippen MR) is 126 cm³/mol. The Morgan fingerprint density at radius 1 is 1.23 bits per heavy atom. The van der Waals surface area contributed by atoms with E-state index in [9.17, 15) is 9.59 Å². The first-order valence-corrected chi connectivity index (χ1v) is 10.8. The Morgan fingerprint density at radius 2 is 1.81 bits per heavy atom. The summed E-state index contributed by atoms with van der Waals surface area (Å²) in [6, 6.07) is 7.65. The topological polar surface area (TPSA) is 90.7 Å². The van der Waals surface area contributed by atoms with Gasteiger partial charge < -0.3 is 9.84 Å². The van der Waals surface area contributed by atoms with Crippen LogP contribution < -0.4 is 4.90 Å². The lowest BCUT2D eigenvalue weighted by Gasteiger charge is -2.23. The molecule has 0 aromatic heterocycles. The number of ether oxygens (including phenoxy) is 1. The Labute approximate surface area is 187 Å². The second kappa shape index (κ2) is 10.8. The first-order chi connectivity index (χ1) is 14.6. The van der Waals surface area contributed by atoms with Gasteiger partial charge in [-0.3, -0.25) is 19.9 Å². The Hall–Kier alpha value is -3.06. The highest BCUT2D eigenvalue weighted by Crippen LogP contribution is 2.31. The number of hydrogen-bond donors (Lipinski definition) is 2. The van der Waals surface area contributed by atoms with Crippen LogP contribution in [0.2, 0.25) is 0 Å². The van der Waals surface area contributed by atoms with Gasteiger partial charge in [0.2, 0.25) is 5.91 Å². The van der Waals surface area contributed by atoms with E-state index < -0.39 is 11.9 Å². The van der Waals surface area contributed by atoms with Crippen LogP contribution in [0, 0.1) is 24.2 Å². The Kier molecular flexibility index (Phi) is 8.45. The van der Waals surface area contributed by atoms with Gasteiger partial charge in [0.25, 0.3) is 0 Å². The molecule has 3 unspecified atom stereocenters. The highest BCUT2D eigenvalue weighted by molar-refractivity contribution is 8.16. The fraction of sp³-hybridized carbons (Fsp3) is 0.292. The van der Waals surface area contributed by atoms with Crippen LogP contribution in [0.1, 0.15) is 26.3 Å². The first-order valence-electron chi connectivity index (χ1n) is 9.89. The molecule has 0 bridgehead atoms. The Balaban J connectivity index is 0.000000220. The molecule has 1 aliphatic carbocycles. The van der Waals surface area contributed by atoms with Crippen molar-refractivity contribution < 1.29 is 19.4 Å². The van der Waals surface area contributed by atoms with E-state index in [1.807, 2.05) is 57.2 Å². The van der Waals surface area contributed by atoms with Gasteiger partial charge in [-0.2, -0.15) is 0 Å². The van der Waals surface area contributed by atoms with Crippen molar-refractivity contribution in [2.24, 2.45) is 11.8 Å². The molecular weight excluding hydrogens is 412 g/mol. The SMILES string of the molecule is C=C(C)O/C(=C\C)C1C=CC=CC1C(=O)O.Cc1ccc(N2C(=N)SC(C)C2=O)cc1. The summed E-state index contributed by atoms with van der Waals surface area (Å²) < 4.78 is 5.44. The lowest BCUT2D eigenvalue weighted by Crippen LogP contribution is -2.30. The van der Waals surface area contributed by atoms with Gasteiger partial charge >= 0.3 is 5.97 Å². The number of thioether (sulfide) groups is 1. The fourth-order valence-corrected chi connectivity index (χ4v) is 3.97. The zero-order chi connectivity index (χ0) is 23.1. The molecule has 6 nitrogen and oxygen atoms in total. The van der Waals surface area contributed by atoms with Crippen molar-refractivity contribution in [3.05, 3.63) is 78.3 Å². The van der Waals surface area contributed by atoms with Crippen molar-refractivity contribution in [3.8, 4) is 0 Å². The molecule has 31 heavy (non-hydrogen) atoms. The number of aryl methyl sites for hydroxylation is 1. The number of aliphatic carboxylic acids is 1. The number of anilines is 1. The molecule has 1 aromatic carbocycles. The number of carbonyl (C=O) groups is 2. The summed E-state index contributed by atoms with van der Waals surface area (Å²) in [7, 11) is 0. The van der Waals surface area contributed by atoms with Crippen LogP contribution in [0.5, 0.6) is 0 Å². The Morgan fingerprint density at radius 3 is 2.26 bits per heavy atom. The van der Waals surface area contributed by atoms with Gasteiger partial charge in [-0.15, -0.1) is 0 Å². The van der Waals surface area contributed by atoms with E-state index in [0.717, 1.165) is 11.3 Å². The van der Waals surface area contributed by atoms with Gasteiger partial charge in [0, 0.05) is 0 Å². The molecule has 164 valence electrons. The summed E-state index contributed by atoms with van der Waals surface area (Å²) in [6.45, 7) is 11.0. The van der Waals surface area contributed by atoms with Gasteiger partial charge in [-0.25, -0.2) is 0 Å². The molecule has 2 N–H and O–H groups in total. The summed E-state index contributed by atoms with van der Waals surface area (Å²) >= 11 is 1.30. The quantitative estimate of drug-likeness (QED) is 0.608. The average molecular weight is 441 g/mol. The average Bonchev–Trinajstić information content (AvgIpc) is 2.99. The second-order valence-electron chi connectivity index (χ2n) is 7.23. The lowest BCUT2D eigenvalue weighted by atomic mass is 9.86. The van der Waals surface area contributed by atoms with Crippen LogP contribution in [-0.4, -0.2) is 27.4 Å². The third kappa shape index (κ3) is 6.21. The molecule has 2 aliphatic rings. The van der Waals surface area contributed by atoms with E-state index in [1.165, 1.54) is 16.7 Å². The second-order valence-corrected chi connectivity index (χ2v) is 8.56. The molecule has 3 atom stereocenters. The third-order valence-corrected chi connectivity index (χ3v) is 5.64. The summed E-state index contributed by atoms with van der Waals surface area (Å²) in [6.07, 6.45) is 8.84. The number of rotatable bonds is 5. The molecule has 1 fully saturated rings. The number of benzene rings is 1. The van der Waals surface area contributed by atoms with Crippen molar-refractivity contribution in [2.75, 3.05) is 4.90 Å². The van der Waals surface area contributed by atoms with E-state index in [0.29, 0.717) is 16.7 Å². The Bertz CT molecular complexity index is 947. The molecule has 3 rings (SSSR count). The maximum absolute atomic E-state index is 11.8. The van der Waals surface area contributed by atoms with E-state index in [4.69, 9.17) is 15.3 Å². The number of hydrogen-bond acceptors (Lipinski definition) is 5. The summed E-state index contributed by atoms with van der Waals surface area (Å²) in [5.41, 5.74) is 1.94. The number of nitrogens with one attached hydrogen (secondary N) is 1. The summed E-state index contributed by atoms with van der Waals surface area (Å²) in [4.78, 5) is 24.3. The number of amidine groups is 1. The van der Waals surface area contributed by atoms with Crippen LogP contribution in [-0.2, 0) is 14.3 Å². The van der Waals surface area contributed by atoms with Crippen LogP contribution in [0.3, 0.4) is 0 Å². The van der Waals surface area contributed by atoms with Crippen LogP contribution in [0.15, 0.2) is 72.7 Å². The largest absolute Gasteiger partial charge is 0.481 e. The minimum absolute atomic E-state index is 0.00569. The number of carboxylic acid groups (broad SMARTS) is 1. The number of carbonyl (C=O) groups excluding carboxylic acids is 1. The van der Waals surface area contributed by atoms with Gasteiger partial charge in [-0.05, 0) is 45.9 Å². The van der Waals surface area contributed by atoms with E-state index in [2.05, 4.69) is 6.58 Å². The minimum Gasteiger partial charge on any atom is -0.481 e. The van der Waals surface area contributed by atoms with Crippen molar-refractivity contribution in [1.29, 1.82) is 5.41 Å². The highest BCUT2D eigenvalue weighted by Gasteiger charge is 2.34. The predicted octanol–water partition coefficient (Wildman–Crippen LogP) is 5.28. The zero-order valence-corrected chi connectivity index (χ0v) is 19.0. The van der Waals surface area contributed by atoms with Crippen LogP contribution in [0.4, 0.5) is 5.69 Å².